The van der Waals surface area contributed by atoms with Gasteiger partial charge in [0.2, 0.25) is 0 Å². The van der Waals surface area contributed by atoms with Gasteiger partial charge in [-0.3, -0.25) is 4.79 Å². The number of para-hydroxylation sites is 1. The van der Waals surface area contributed by atoms with Crippen molar-refractivity contribution in [1.29, 1.82) is 0 Å². The number of benzene rings is 3. The van der Waals surface area contributed by atoms with Crippen molar-refractivity contribution in [2.45, 2.75) is 4.90 Å². The van der Waals surface area contributed by atoms with Crippen LogP contribution in [0.25, 0.3) is 22.2 Å². The van der Waals surface area contributed by atoms with Crippen LogP contribution in [0, 0.1) is 0 Å². The molecule has 0 aliphatic rings. The maximum Gasteiger partial charge on any atom is 0.251 e. The third-order valence-corrected chi connectivity index (χ3v) is 6.44. The van der Waals surface area contributed by atoms with Crippen molar-refractivity contribution in [3.05, 3.63) is 77.3 Å². The van der Waals surface area contributed by atoms with Gasteiger partial charge in [0.1, 0.15) is 0 Å². The van der Waals surface area contributed by atoms with E-state index in [1.54, 1.807) is 44.2 Å². The molecule has 2 N–H and O–H groups in total. The molecule has 0 aliphatic carbocycles. The Morgan fingerprint density at radius 1 is 1.00 bits per heavy atom. The van der Waals surface area contributed by atoms with Crippen LogP contribution in [-0.4, -0.2) is 37.4 Å². The molecule has 4 rings (SSSR count). The van der Waals surface area contributed by atoms with Gasteiger partial charge in [-0.25, -0.2) is 0 Å². The van der Waals surface area contributed by atoms with Crippen molar-refractivity contribution in [3.8, 4) is 22.8 Å². The number of aromatic amines is 1. The van der Waals surface area contributed by atoms with Crippen LogP contribution in [0.4, 0.5) is 0 Å². The van der Waals surface area contributed by atoms with Gasteiger partial charge in [0, 0.05) is 38.7 Å². The highest BCUT2D eigenvalue weighted by Crippen LogP contribution is 2.37. The summed E-state index contributed by atoms with van der Waals surface area (Å²) in [5.41, 5.74) is 3.73. The smallest absolute Gasteiger partial charge is 0.251 e. The molecule has 0 saturated carbocycles. The summed E-state index contributed by atoms with van der Waals surface area (Å²) < 4.78 is 10.5. The zero-order valence-corrected chi connectivity index (χ0v) is 19.3. The van der Waals surface area contributed by atoms with Crippen molar-refractivity contribution in [3.63, 3.8) is 0 Å². The maximum absolute atomic E-state index is 12.6. The minimum atomic E-state index is -0.150. The Hall–Kier alpha value is -3.09. The predicted octanol–water partition coefficient (Wildman–Crippen LogP) is 6.03. The quantitative estimate of drug-likeness (QED) is 0.246. The van der Waals surface area contributed by atoms with Crippen molar-refractivity contribution < 1.29 is 14.3 Å². The molecule has 0 bridgehead atoms. The van der Waals surface area contributed by atoms with E-state index in [1.165, 1.54) is 0 Å². The van der Waals surface area contributed by atoms with Gasteiger partial charge in [0.15, 0.2) is 11.5 Å². The lowest BCUT2D eigenvalue weighted by Crippen LogP contribution is -2.25. The Bertz CT molecular complexity index is 1240. The largest absolute Gasteiger partial charge is 0.493 e. The van der Waals surface area contributed by atoms with Gasteiger partial charge < -0.3 is 19.8 Å². The molecular formula is C25H23ClN2O3S. The molecule has 4 aromatic rings. The van der Waals surface area contributed by atoms with Crippen LogP contribution < -0.4 is 14.8 Å². The Kier molecular flexibility index (Phi) is 6.93. The predicted molar refractivity (Wildman–Crippen MR) is 131 cm³/mol. The summed E-state index contributed by atoms with van der Waals surface area (Å²) in [5.74, 6) is 1.69. The first-order valence-electron chi connectivity index (χ1n) is 10.1. The monoisotopic (exact) mass is 466 g/mol. The normalized spacial score (nSPS) is 10.8. The molecule has 0 saturated heterocycles. The van der Waals surface area contributed by atoms with Crippen molar-refractivity contribution in [2.75, 3.05) is 26.5 Å². The molecule has 1 amide bonds. The Labute approximate surface area is 196 Å². The molecule has 0 unspecified atom stereocenters. The number of aromatic nitrogens is 1. The van der Waals surface area contributed by atoms with Gasteiger partial charge >= 0.3 is 0 Å². The average Bonchev–Trinajstić information content (AvgIpc) is 3.20. The summed E-state index contributed by atoms with van der Waals surface area (Å²) in [4.78, 5) is 17.2. The third-order valence-electron chi connectivity index (χ3n) is 5.07. The molecule has 5 nitrogen and oxygen atoms in total. The Balaban J connectivity index is 1.46. The van der Waals surface area contributed by atoms with Crippen LogP contribution in [0.5, 0.6) is 11.5 Å². The average molecular weight is 467 g/mol. The molecule has 32 heavy (non-hydrogen) atoms. The van der Waals surface area contributed by atoms with Crippen molar-refractivity contribution in [2.24, 2.45) is 0 Å². The van der Waals surface area contributed by atoms with Crippen LogP contribution >= 0.6 is 23.4 Å². The second-order valence-corrected chi connectivity index (χ2v) is 8.60. The summed E-state index contributed by atoms with van der Waals surface area (Å²) in [6.07, 6.45) is 0. The second kappa shape index (κ2) is 10.0. The van der Waals surface area contributed by atoms with E-state index in [1.807, 2.05) is 36.4 Å². The van der Waals surface area contributed by atoms with Crippen LogP contribution in [-0.2, 0) is 0 Å². The summed E-state index contributed by atoms with van der Waals surface area (Å²) in [6.45, 7) is 0.525. The standard InChI is InChI=1S/C25H23ClN2O3S/c1-30-21-12-9-17(15-22(21)31-2)25(29)27-13-14-32-24-19-5-3-4-6-20(19)28-23(24)16-7-10-18(26)11-8-16/h3-12,15,28H,13-14H2,1-2H3,(H,27,29). The molecule has 0 radical (unpaired) electrons. The van der Waals surface area contributed by atoms with Gasteiger partial charge in [-0.1, -0.05) is 41.9 Å². The number of nitrogens with one attached hydrogen (secondary N) is 2. The fourth-order valence-electron chi connectivity index (χ4n) is 3.48. The summed E-state index contributed by atoms with van der Waals surface area (Å²) in [7, 11) is 3.12. The number of ether oxygens (including phenoxy) is 2. The van der Waals surface area contributed by atoms with E-state index in [9.17, 15) is 4.79 Å². The first kappa shape index (κ1) is 22.1. The zero-order chi connectivity index (χ0) is 22.5. The Morgan fingerprint density at radius 3 is 2.50 bits per heavy atom. The topological polar surface area (TPSA) is 63.3 Å². The zero-order valence-electron chi connectivity index (χ0n) is 17.8. The lowest BCUT2D eigenvalue weighted by molar-refractivity contribution is 0.0955. The number of halogens is 1. The number of carbonyl (C=O) groups is 1. The van der Waals surface area contributed by atoms with Gasteiger partial charge in [0.05, 0.1) is 19.9 Å². The van der Waals surface area contributed by atoms with E-state index < -0.39 is 0 Å². The van der Waals surface area contributed by atoms with E-state index in [2.05, 4.69) is 22.4 Å². The summed E-state index contributed by atoms with van der Waals surface area (Å²) >= 11 is 7.78. The third kappa shape index (κ3) is 4.71. The highest BCUT2D eigenvalue weighted by atomic mass is 35.5. The fourth-order valence-corrected chi connectivity index (χ4v) is 4.66. The minimum absolute atomic E-state index is 0.150. The fraction of sp³-hybridized carbons (Fsp3) is 0.160. The number of fused-ring (bicyclic) bond motifs is 1. The highest BCUT2D eigenvalue weighted by molar-refractivity contribution is 7.99. The van der Waals surface area contributed by atoms with Gasteiger partial charge in [-0.05, 0) is 42.0 Å². The van der Waals surface area contributed by atoms with Crippen LogP contribution in [0.3, 0.4) is 0 Å². The number of hydrogen-bond donors (Lipinski definition) is 2. The number of rotatable bonds is 8. The lowest BCUT2D eigenvalue weighted by Gasteiger charge is -2.10. The van der Waals surface area contributed by atoms with Gasteiger partial charge in [-0.15, -0.1) is 11.8 Å². The van der Waals surface area contributed by atoms with Crippen molar-refractivity contribution in [1.82, 2.24) is 10.3 Å². The minimum Gasteiger partial charge on any atom is -0.493 e. The molecule has 3 aromatic carbocycles. The highest BCUT2D eigenvalue weighted by Gasteiger charge is 2.14. The number of carbonyl (C=O) groups excluding carboxylic acids is 1. The maximum atomic E-state index is 12.6. The van der Waals surface area contributed by atoms with E-state index in [-0.39, 0.29) is 5.91 Å². The van der Waals surface area contributed by atoms with Crippen LogP contribution in [0.1, 0.15) is 10.4 Å². The number of methoxy groups -OCH3 is 2. The lowest BCUT2D eigenvalue weighted by atomic mass is 10.1. The number of thioether (sulfide) groups is 1. The summed E-state index contributed by atoms with van der Waals surface area (Å²) in [5, 5.41) is 4.85. The van der Waals surface area contributed by atoms with Crippen LogP contribution in [0.15, 0.2) is 71.6 Å². The molecule has 1 heterocycles. The molecule has 0 aliphatic heterocycles. The second-order valence-electron chi connectivity index (χ2n) is 7.06. The van der Waals surface area contributed by atoms with Gasteiger partial charge in [-0.2, -0.15) is 0 Å². The van der Waals surface area contributed by atoms with Crippen molar-refractivity contribution >= 4 is 40.2 Å². The molecule has 0 atom stereocenters. The molecule has 0 fully saturated rings. The molecule has 164 valence electrons. The Morgan fingerprint density at radius 2 is 1.75 bits per heavy atom. The molecule has 1 aromatic heterocycles. The van der Waals surface area contributed by atoms with E-state index in [4.69, 9.17) is 21.1 Å². The van der Waals surface area contributed by atoms with E-state index in [0.717, 1.165) is 32.8 Å². The van der Waals surface area contributed by atoms with Crippen LogP contribution in [0.2, 0.25) is 5.02 Å². The van der Waals surface area contributed by atoms with E-state index >= 15 is 0 Å². The molecular weight excluding hydrogens is 444 g/mol. The molecule has 7 heteroatoms. The van der Waals surface area contributed by atoms with E-state index in [0.29, 0.717) is 28.6 Å². The SMILES string of the molecule is COc1ccc(C(=O)NCCSc2c(-c3ccc(Cl)cc3)[nH]c3ccccc23)cc1OC. The first-order valence-corrected chi connectivity index (χ1v) is 11.5. The first-order chi connectivity index (χ1) is 15.6. The summed E-state index contributed by atoms with van der Waals surface area (Å²) in [6, 6.07) is 21.2. The number of H-pyrrole nitrogens is 1. The number of amides is 1. The van der Waals surface area contributed by atoms with Gasteiger partial charge in [0.25, 0.3) is 5.91 Å². The number of hydrogen-bond acceptors (Lipinski definition) is 4. The molecule has 0 spiro atoms.